The summed E-state index contributed by atoms with van der Waals surface area (Å²) in [4.78, 5) is 4.12. The van der Waals surface area contributed by atoms with Gasteiger partial charge in [-0.05, 0) is 30.2 Å². The molecule has 0 aliphatic carbocycles. The Kier molecular flexibility index (Phi) is 4.57. The molecule has 102 valence electrons. The zero-order valence-electron chi connectivity index (χ0n) is 10.9. The lowest BCUT2D eigenvalue weighted by atomic mass is 10.0. The van der Waals surface area contributed by atoms with Crippen molar-refractivity contribution in [3.63, 3.8) is 0 Å². The molecule has 0 saturated carbocycles. The van der Waals surface area contributed by atoms with Gasteiger partial charge in [-0.3, -0.25) is 11.3 Å². The average molecular weight is 325 g/mol. The highest BCUT2D eigenvalue weighted by Crippen LogP contribution is 2.27. The second kappa shape index (κ2) is 6.18. The zero-order chi connectivity index (χ0) is 13.8. The number of halogens is 1. The van der Waals surface area contributed by atoms with Gasteiger partial charge in [0.25, 0.3) is 0 Å². The van der Waals surface area contributed by atoms with Crippen LogP contribution in [0.15, 0.2) is 35.2 Å². The number of nitrogens with zero attached hydrogens (tertiary/aromatic N) is 2. The van der Waals surface area contributed by atoms with E-state index in [9.17, 15) is 0 Å². The molecule has 1 aromatic heterocycles. The Hall–Kier alpha value is -1.37. The number of hydrogen-bond acceptors (Lipinski definition) is 4. The van der Waals surface area contributed by atoms with E-state index in [1.165, 1.54) is 0 Å². The molecule has 1 unspecified atom stereocenters. The van der Waals surface area contributed by atoms with Crippen molar-refractivity contribution >= 4 is 15.9 Å². The molecule has 3 N–H and O–H groups in total. The van der Waals surface area contributed by atoms with E-state index in [0.29, 0.717) is 0 Å². The van der Waals surface area contributed by atoms with Crippen LogP contribution in [0, 0.1) is 0 Å². The fourth-order valence-corrected chi connectivity index (χ4v) is 2.49. The summed E-state index contributed by atoms with van der Waals surface area (Å²) in [6, 6.07) is 5.92. The quantitative estimate of drug-likeness (QED) is 0.651. The van der Waals surface area contributed by atoms with Gasteiger partial charge in [0.05, 0.1) is 25.2 Å². The summed E-state index contributed by atoms with van der Waals surface area (Å²) in [5.41, 5.74) is 4.95. The van der Waals surface area contributed by atoms with E-state index in [4.69, 9.17) is 10.6 Å². The van der Waals surface area contributed by atoms with E-state index in [1.54, 1.807) is 13.4 Å². The van der Waals surface area contributed by atoms with Crippen molar-refractivity contribution < 1.29 is 4.74 Å². The number of nitrogens with one attached hydrogen (secondary N) is 1. The number of imidazole rings is 1. The Balaban J connectivity index is 2.28. The molecule has 0 aliphatic rings. The molecule has 5 nitrogen and oxygen atoms in total. The molecule has 2 rings (SSSR count). The summed E-state index contributed by atoms with van der Waals surface area (Å²) in [6.07, 6.45) is 4.30. The molecular weight excluding hydrogens is 308 g/mol. The van der Waals surface area contributed by atoms with Crippen LogP contribution in [-0.2, 0) is 13.5 Å². The van der Waals surface area contributed by atoms with Crippen LogP contribution in [0.2, 0.25) is 0 Å². The number of nitrogens with two attached hydrogens (primary N) is 1. The van der Waals surface area contributed by atoms with Gasteiger partial charge >= 0.3 is 0 Å². The first-order valence-corrected chi connectivity index (χ1v) is 6.69. The third-order valence-corrected chi connectivity index (χ3v) is 3.57. The fourth-order valence-electron chi connectivity index (χ4n) is 2.08. The highest BCUT2D eigenvalue weighted by atomic mass is 79.9. The maximum absolute atomic E-state index is 5.67. The summed E-state index contributed by atoms with van der Waals surface area (Å²) in [7, 11) is 3.62. The summed E-state index contributed by atoms with van der Waals surface area (Å²) in [5.74, 6) is 6.52. The Morgan fingerprint density at radius 1 is 1.53 bits per heavy atom. The van der Waals surface area contributed by atoms with Crippen molar-refractivity contribution in [3.8, 4) is 5.75 Å². The second-order valence-electron chi connectivity index (χ2n) is 4.31. The van der Waals surface area contributed by atoms with Crippen molar-refractivity contribution in [3.05, 3.63) is 46.5 Å². The third kappa shape index (κ3) is 3.15. The smallest absolute Gasteiger partial charge is 0.122 e. The molecule has 0 bridgehead atoms. The summed E-state index contributed by atoms with van der Waals surface area (Å²) < 4.78 is 8.35. The van der Waals surface area contributed by atoms with Crippen LogP contribution < -0.4 is 16.0 Å². The van der Waals surface area contributed by atoms with Crippen molar-refractivity contribution in [1.29, 1.82) is 0 Å². The lowest BCUT2D eigenvalue weighted by Crippen LogP contribution is -2.31. The number of ether oxygens (including phenoxy) is 1. The lowest BCUT2D eigenvalue weighted by molar-refractivity contribution is 0.404. The standard InChI is InChI=1S/C13H17BrN4O/c1-18-8-16-7-12(18)11(17-15)6-9-5-10(14)3-4-13(9)19-2/h3-5,7-8,11,17H,6,15H2,1-2H3. The van der Waals surface area contributed by atoms with E-state index in [-0.39, 0.29) is 6.04 Å². The monoisotopic (exact) mass is 324 g/mol. The molecule has 0 spiro atoms. The van der Waals surface area contributed by atoms with E-state index in [1.807, 2.05) is 36.0 Å². The Bertz CT molecular complexity index is 555. The molecule has 1 aromatic carbocycles. The second-order valence-corrected chi connectivity index (χ2v) is 5.22. The fraction of sp³-hybridized carbons (Fsp3) is 0.308. The van der Waals surface area contributed by atoms with Crippen molar-refractivity contribution in [2.45, 2.75) is 12.5 Å². The maximum atomic E-state index is 5.67. The molecule has 6 heteroatoms. The molecule has 0 fully saturated rings. The highest BCUT2D eigenvalue weighted by molar-refractivity contribution is 9.10. The number of benzene rings is 1. The number of hydrogen-bond donors (Lipinski definition) is 2. The van der Waals surface area contributed by atoms with Gasteiger partial charge in [-0.15, -0.1) is 0 Å². The van der Waals surface area contributed by atoms with Crippen LogP contribution in [0.25, 0.3) is 0 Å². The molecule has 1 heterocycles. The number of hydrazine groups is 1. The van der Waals surface area contributed by atoms with Gasteiger partial charge in [-0.1, -0.05) is 15.9 Å². The van der Waals surface area contributed by atoms with Crippen LogP contribution in [0.3, 0.4) is 0 Å². The molecule has 2 aromatic rings. The number of rotatable bonds is 5. The summed E-state index contributed by atoms with van der Waals surface area (Å²) >= 11 is 3.48. The summed E-state index contributed by atoms with van der Waals surface area (Å²) in [6.45, 7) is 0. The lowest BCUT2D eigenvalue weighted by Gasteiger charge is -2.18. The minimum Gasteiger partial charge on any atom is -0.496 e. The normalized spacial score (nSPS) is 12.4. The SMILES string of the molecule is COc1ccc(Br)cc1CC(NN)c1cncn1C. The third-order valence-electron chi connectivity index (χ3n) is 3.08. The van der Waals surface area contributed by atoms with Gasteiger partial charge in [-0.2, -0.15) is 0 Å². The predicted molar refractivity (Wildman–Crippen MR) is 77.7 cm³/mol. The average Bonchev–Trinajstić information content (AvgIpc) is 2.82. The molecule has 0 aliphatic heterocycles. The first kappa shape index (κ1) is 14.0. The molecule has 0 radical (unpaired) electrons. The largest absolute Gasteiger partial charge is 0.496 e. The van der Waals surface area contributed by atoms with Crippen LogP contribution >= 0.6 is 15.9 Å². The van der Waals surface area contributed by atoms with Gasteiger partial charge in [0, 0.05) is 17.7 Å². The first-order chi connectivity index (χ1) is 9.15. The van der Waals surface area contributed by atoms with Crippen LogP contribution in [0.1, 0.15) is 17.3 Å². The molecule has 0 amide bonds. The molecule has 0 saturated heterocycles. The van der Waals surface area contributed by atoms with Gasteiger partial charge in [0.1, 0.15) is 5.75 Å². The van der Waals surface area contributed by atoms with Crippen LogP contribution in [-0.4, -0.2) is 16.7 Å². The van der Waals surface area contributed by atoms with Crippen molar-refractivity contribution in [2.24, 2.45) is 12.9 Å². The van der Waals surface area contributed by atoms with Gasteiger partial charge < -0.3 is 9.30 Å². The predicted octanol–water partition coefficient (Wildman–Crippen LogP) is 1.94. The number of methoxy groups -OCH3 is 1. The molecular formula is C13H17BrN4O. The maximum Gasteiger partial charge on any atom is 0.122 e. The number of aryl methyl sites for hydroxylation is 1. The molecule has 19 heavy (non-hydrogen) atoms. The minimum atomic E-state index is -0.0179. The van der Waals surface area contributed by atoms with Gasteiger partial charge in [0.15, 0.2) is 0 Å². The molecule has 1 atom stereocenters. The van der Waals surface area contributed by atoms with Gasteiger partial charge in [-0.25, -0.2) is 4.98 Å². The van der Waals surface area contributed by atoms with Gasteiger partial charge in [0.2, 0.25) is 0 Å². The Labute approximate surface area is 120 Å². The van der Waals surface area contributed by atoms with Crippen LogP contribution in [0.4, 0.5) is 0 Å². The topological polar surface area (TPSA) is 65.1 Å². The van der Waals surface area contributed by atoms with E-state index < -0.39 is 0 Å². The Morgan fingerprint density at radius 3 is 2.89 bits per heavy atom. The van der Waals surface area contributed by atoms with E-state index >= 15 is 0 Å². The first-order valence-electron chi connectivity index (χ1n) is 5.90. The zero-order valence-corrected chi connectivity index (χ0v) is 12.5. The minimum absolute atomic E-state index is 0.0179. The highest BCUT2D eigenvalue weighted by Gasteiger charge is 2.16. The van der Waals surface area contributed by atoms with Crippen LogP contribution in [0.5, 0.6) is 5.75 Å². The number of aromatic nitrogens is 2. The summed E-state index contributed by atoms with van der Waals surface area (Å²) in [5, 5.41) is 0. The van der Waals surface area contributed by atoms with Crippen molar-refractivity contribution in [2.75, 3.05) is 7.11 Å². The van der Waals surface area contributed by atoms with E-state index in [2.05, 4.69) is 26.3 Å². The van der Waals surface area contributed by atoms with E-state index in [0.717, 1.165) is 27.9 Å². The van der Waals surface area contributed by atoms with Crippen molar-refractivity contribution in [1.82, 2.24) is 15.0 Å². The Morgan fingerprint density at radius 2 is 2.32 bits per heavy atom.